The van der Waals surface area contributed by atoms with Crippen molar-refractivity contribution in [1.29, 1.82) is 0 Å². The minimum Gasteiger partial charge on any atom is -0.491 e. The van der Waals surface area contributed by atoms with Gasteiger partial charge in [0.25, 0.3) is 0 Å². The standard InChI is InChI=1S/2C16H16O4.C10H12O2.2C3H8.CH4/c1-3-13-14(15(5-1)19-9-11-7-17-11)4-2-6-16(13)20-10-12-8-18-12;1-2-4-14-13(3-1)15(19-9-11-7-17-11)5-6-16(14)20-10-12-8-18-12;1-8-2-4-9(5-3-8)11-6-10-7-12-10;2*1-3-2;/h2*1-6,11-12H,7-10H2;2-5,10H,6-7H2,1H3;2*3H2,1-2H3;1H4. The maximum absolute atomic E-state index is 5.83. The molecule has 5 aromatic rings. The van der Waals surface area contributed by atoms with Crippen molar-refractivity contribution in [2.45, 2.75) is 85.4 Å². The minimum absolute atomic E-state index is 0. The van der Waals surface area contributed by atoms with Crippen LogP contribution in [0.25, 0.3) is 21.5 Å². The van der Waals surface area contributed by atoms with Gasteiger partial charge in [-0.3, -0.25) is 0 Å². The molecule has 0 saturated carbocycles. The first-order chi connectivity index (χ1) is 28.5. The van der Waals surface area contributed by atoms with Crippen molar-refractivity contribution in [2.75, 3.05) is 66.1 Å². The monoisotopic (exact) mass is 812 g/mol. The molecule has 10 nitrogen and oxygen atoms in total. The molecule has 5 atom stereocenters. The molecule has 0 aliphatic carbocycles. The van der Waals surface area contributed by atoms with Crippen LogP contribution in [0, 0.1) is 6.92 Å². The molecule has 5 saturated heterocycles. The molecule has 59 heavy (non-hydrogen) atoms. The Kier molecular flexibility index (Phi) is 18.4. The zero-order chi connectivity index (χ0) is 40.5. The first kappa shape index (κ1) is 45.5. The summed E-state index contributed by atoms with van der Waals surface area (Å²) in [6.07, 6.45) is 3.88. The van der Waals surface area contributed by atoms with Gasteiger partial charge in [-0.15, -0.1) is 0 Å². The number of epoxide rings is 5. The molecule has 0 amide bonds. The highest BCUT2D eigenvalue weighted by molar-refractivity contribution is 5.94. The van der Waals surface area contributed by atoms with Crippen molar-refractivity contribution in [1.82, 2.24) is 0 Å². The van der Waals surface area contributed by atoms with Crippen molar-refractivity contribution < 1.29 is 47.4 Å². The van der Waals surface area contributed by atoms with Crippen LogP contribution in [0.3, 0.4) is 0 Å². The van der Waals surface area contributed by atoms with Gasteiger partial charge in [-0.2, -0.15) is 0 Å². The van der Waals surface area contributed by atoms with Gasteiger partial charge < -0.3 is 47.4 Å². The van der Waals surface area contributed by atoms with Crippen LogP contribution < -0.4 is 23.7 Å². The Bertz CT molecular complexity index is 1770. The average Bonchev–Trinajstić information content (AvgIpc) is 4.04. The molecule has 0 spiro atoms. The summed E-state index contributed by atoms with van der Waals surface area (Å²) in [7, 11) is 0. The van der Waals surface area contributed by atoms with Crippen LogP contribution in [0.4, 0.5) is 0 Å². The first-order valence-corrected chi connectivity index (χ1v) is 20.8. The molecule has 0 N–H and O–H groups in total. The number of rotatable bonds is 15. The van der Waals surface area contributed by atoms with E-state index in [4.69, 9.17) is 47.4 Å². The minimum atomic E-state index is 0. The lowest BCUT2D eigenvalue weighted by atomic mass is 10.1. The van der Waals surface area contributed by atoms with Crippen molar-refractivity contribution >= 4 is 21.5 Å². The van der Waals surface area contributed by atoms with E-state index in [0.717, 1.165) is 83.3 Å². The molecule has 10 heteroatoms. The Morgan fingerprint density at radius 3 is 0.966 bits per heavy atom. The van der Waals surface area contributed by atoms with E-state index in [1.807, 2.05) is 72.8 Å². The van der Waals surface area contributed by atoms with Crippen molar-refractivity contribution in [3.63, 3.8) is 0 Å². The highest BCUT2D eigenvalue weighted by Crippen LogP contribution is 2.35. The summed E-state index contributed by atoms with van der Waals surface area (Å²) in [6, 6.07) is 32.2. The third-order valence-corrected chi connectivity index (χ3v) is 8.85. The van der Waals surface area contributed by atoms with Crippen molar-refractivity contribution in [2.24, 2.45) is 0 Å². The van der Waals surface area contributed by atoms with Crippen LogP contribution in [0.5, 0.6) is 28.7 Å². The predicted octanol–water partition coefficient (Wildman–Crippen LogP) is 10.0. The third kappa shape index (κ3) is 16.2. The van der Waals surface area contributed by atoms with Crippen LogP contribution in [-0.4, -0.2) is 96.6 Å². The molecular formula is C49H64O10. The van der Waals surface area contributed by atoms with E-state index < -0.39 is 0 Å². The van der Waals surface area contributed by atoms with E-state index in [2.05, 4.69) is 58.9 Å². The summed E-state index contributed by atoms with van der Waals surface area (Å²) < 4.78 is 54.5. The lowest BCUT2D eigenvalue weighted by molar-refractivity contribution is 0.261. The lowest BCUT2D eigenvalue weighted by Crippen LogP contribution is -2.06. The maximum Gasteiger partial charge on any atom is 0.127 e. The Hall–Kier alpha value is -4.58. The second-order valence-electron chi connectivity index (χ2n) is 14.8. The molecular weight excluding hydrogens is 749 g/mol. The summed E-state index contributed by atoms with van der Waals surface area (Å²) in [5.74, 6) is 4.45. The van der Waals surface area contributed by atoms with Gasteiger partial charge in [0.15, 0.2) is 0 Å². The molecule has 0 aromatic heterocycles. The van der Waals surface area contributed by atoms with Gasteiger partial charge in [0.2, 0.25) is 0 Å². The second-order valence-corrected chi connectivity index (χ2v) is 14.8. The predicted molar refractivity (Wildman–Crippen MR) is 234 cm³/mol. The van der Waals surface area contributed by atoms with Crippen LogP contribution >= 0.6 is 0 Å². The van der Waals surface area contributed by atoms with Gasteiger partial charge in [0.1, 0.15) is 92.3 Å². The number of hydrogen-bond donors (Lipinski definition) is 0. The molecule has 5 fully saturated rings. The van der Waals surface area contributed by atoms with E-state index >= 15 is 0 Å². The summed E-state index contributed by atoms with van der Waals surface area (Å²) in [6.45, 7) is 17.8. The van der Waals surface area contributed by atoms with E-state index in [9.17, 15) is 0 Å². The topological polar surface area (TPSA) is 109 Å². The fourth-order valence-electron chi connectivity index (χ4n) is 5.38. The summed E-state index contributed by atoms with van der Waals surface area (Å²) >= 11 is 0. The van der Waals surface area contributed by atoms with Gasteiger partial charge >= 0.3 is 0 Å². The zero-order valence-electron chi connectivity index (χ0n) is 34.7. The smallest absolute Gasteiger partial charge is 0.127 e. The van der Waals surface area contributed by atoms with Gasteiger partial charge in [0, 0.05) is 21.5 Å². The Labute approximate surface area is 350 Å². The zero-order valence-corrected chi connectivity index (χ0v) is 34.7. The van der Waals surface area contributed by atoms with Gasteiger partial charge in [-0.1, -0.05) is 114 Å². The number of aryl methyl sites for hydroxylation is 1. The summed E-state index contributed by atoms with van der Waals surface area (Å²) in [5, 5.41) is 4.29. The molecule has 5 heterocycles. The number of fused-ring (bicyclic) bond motifs is 2. The molecule has 5 aromatic carbocycles. The second kappa shape index (κ2) is 23.9. The molecule has 5 unspecified atom stereocenters. The summed E-state index contributed by atoms with van der Waals surface area (Å²) in [4.78, 5) is 0. The molecule has 320 valence electrons. The van der Waals surface area contributed by atoms with Crippen LogP contribution in [0.2, 0.25) is 0 Å². The molecule has 10 rings (SSSR count). The van der Waals surface area contributed by atoms with E-state index in [0.29, 0.717) is 39.1 Å². The average molecular weight is 813 g/mol. The first-order valence-electron chi connectivity index (χ1n) is 20.8. The lowest BCUT2D eigenvalue weighted by Gasteiger charge is -2.12. The Balaban J connectivity index is 0.000000160. The van der Waals surface area contributed by atoms with Gasteiger partial charge in [-0.05, 0) is 43.3 Å². The Morgan fingerprint density at radius 1 is 0.390 bits per heavy atom. The Morgan fingerprint density at radius 2 is 0.661 bits per heavy atom. The molecule has 0 radical (unpaired) electrons. The van der Waals surface area contributed by atoms with E-state index in [1.165, 1.54) is 18.4 Å². The highest BCUT2D eigenvalue weighted by Gasteiger charge is 2.26. The van der Waals surface area contributed by atoms with Crippen LogP contribution in [0.1, 0.15) is 53.5 Å². The summed E-state index contributed by atoms with van der Waals surface area (Å²) in [5.41, 5.74) is 1.25. The normalized spacial score (nSPS) is 20.8. The molecule has 5 aliphatic heterocycles. The number of ether oxygens (including phenoxy) is 10. The maximum atomic E-state index is 5.83. The van der Waals surface area contributed by atoms with Crippen LogP contribution in [-0.2, 0) is 23.7 Å². The van der Waals surface area contributed by atoms with Crippen molar-refractivity contribution in [3.8, 4) is 28.7 Å². The van der Waals surface area contributed by atoms with E-state index in [1.54, 1.807) is 0 Å². The number of hydrogen-bond acceptors (Lipinski definition) is 10. The fraction of sp³-hybridized carbons (Fsp3) is 0.469. The number of benzene rings is 5. The quantitative estimate of drug-likeness (QED) is 0.0948. The van der Waals surface area contributed by atoms with Gasteiger partial charge in [0.05, 0.1) is 33.0 Å². The van der Waals surface area contributed by atoms with Gasteiger partial charge in [-0.25, -0.2) is 0 Å². The largest absolute Gasteiger partial charge is 0.491 e. The fourth-order valence-corrected chi connectivity index (χ4v) is 5.38. The van der Waals surface area contributed by atoms with E-state index in [-0.39, 0.29) is 31.8 Å². The highest BCUT2D eigenvalue weighted by atomic mass is 16.6. The third-order valence-electron chi connectivity index (χ3n) is 8.85. The molecule has 0 bridgehead atoms. The SMILES string of the molecule is C.CCC.CCC.Cc1ccc(OCC2CO2)cc1.c1cc(OCC2CO2)c2cccc(OCC3CO3)c2c1.c1ccc2c(OCC3CO3)ccc(OCC3CO3)c2c1. The molecule has 5 aliphatic rings. The van der Waals surface area contributed by atoms with Crippen molar-refractivity contribution in [3.05, 3.63) is 103 Å². The van der Waals surface area contributed by atoms with Crippen LogP contribution in [0.15, 0.2) is 97.1 Å².